The molecule has 0 N–H and O–H groups in total. The highest BCUT2D eigenvalue weighted by Gasteiger charge is 2.16. The van der Waals surface area contributed by atoms with Crippen LogP contribution >= 0.6 is 0 Å². The number of hydrogen-bond donors (Lipinski definition) is 0. The van der Waals surface area contributed by atoms with E-state index < -0.39 is 0 Å². The Morgan fingerprint density at radius 2 is 1.36 bits per heavy atom. The largest absolute Gasteiger partial charge is 0.311 e. The summed E-state index contributed by atoms with van der Waals surface area (Å²) in [6, 6.07) is 23.3. The predicted octanol–water partition coefficient (Wildman–Crippen LogP) is 6.92. The van der Waals surface area contributed by atoms with Crippen LogP contribution in [0.3, 0.4) is 0 Å². The van der Waals surface area contributed by atoms with Gasteiger partial charge in [-0.1, -0.05) is 62.4 Å². The van der Waals surface area contributed by atoms with Gasteiger partial charge >= 0.3 is 0 Å². The number of rotatable bonds is 4. The molecule has 3 aromatic rings. The van der Waals surface area contributed by atoms with Crippen molar-refractivity contribution in [3.8, 4) is 11.1 Å². The van der Waals surface area contributed by atoms with Gasteiger partial charge in [-0.05, 0) is 59.7 Å². The molecule has 1 aliphatic carbocycles. The number of nitrogens with zero attached hydrogens (tertiary/aromatic N) is 2. The molecule has 0 spiro atoms. The van der Waals surface area contributed by atoms with Crippen molar-refractivity contribution in [3.63, 3.8) is 0 Å². The average molecular weight is 364 g/mol. The normalized spacial score (nSPS) is 15.0. The summed E-state index contributed by atoms with van der Waals surface area (Å²) >= 11 is 0. The second-order valence-electron chi connectivity index (χ2n) is 7.56. The van der Waals surface area contributed by atoms with E-state index in [-0.39, 0.29) is 5.41 Å². The predicted molar refractivity (Wildman–Crippen MR) is 118 cm³/mol. The third kappa shape index (κ3) is 3.96. The van der Waals surface area contributed by atoms with Crippen LogP contribution in [0, 0.1) is 5.41 Å². The molecule has 4 rings (SSSR count). The Morgan fingerprint density at radius 3 is 2.07 bits per heavy atom. The van der Waals surface area contributed by atoms with Crippen molar-refractivity contribution in [1.82, 2.24) is 4.98 Å². The van der Waals surface area contributed by atoms with E-state index in [0.29, 0.717) is 0 Å². The van der Waals surface area contributed by atoms with E-state index in [1.54, 1.807) is 0 Å². The molecule has 1 heterocycles. The highest BCUT2D eigenvalue weighted by molar-refractivity contribution is 5.73. The van der Waals surface area contributed by atoms with Crippen molar-refractivity contribution in [3.05, 3.63) is 115 Å². The smallest absolute Gasteiger partial charge is 0.0462 e. The first kappa shape index (κ1) is 18.0. The Kier molecular flexibility index (Phi) is 4.94. The Bertz CT molecular complexity index is 1010. The van der Waals surface area contributed by atoms with Crippen LogP contribution in [0.4, 0.5) is 11.4 Å². The molecule has 138 valence electrons. The molecule has 0 saturated carbocycles. The summed E-state index contributed by atoms with van der Waals surface area (Å²) in [5.41, 5.74) is 5.82. The second-order valence-corrected chi connectivity index (χ2v) is 7.56. The van der Waals surface area contributed by atoms with E-state index in [9.17, 15) is 0 Å². The zero-order chi connectivity index (χ0) is 19.4. The maximum Gasteiger partial charge on any atom is 0.0462 e. The lowest BCUT2D eigenvalue weighted by Crippen LogP contribution is -2.15. The van der Waals surface area contributed by atoms with Gasteiger partial charge in [0.05, 0.1) is 0 Å². The van der Waals surface area contributed by atoms with Crippen molar-refractivity contribution in [1.29, 1.82) is 0 Å². The maximum atomic E-state index is 4.11. The minimum absolute atomic E-state index is 0.0474. The van der Waals surface area contributed by atoms with E-state index in [0.717, 1.165) is 17.1 Å². The monoisotopic (exact) mass is 364 g/mol. The van der Waals surface area contributed by atoms with E-state index in [1.807, 2.05) is 24.5 Å². The van der Waals surface area contributed by atoms with Crippen LogP contribution in [-0.2, 0) is 0 Å². The van der Waals surface area contributed by atoms with Crippen LogP contribution in [0.1, 0.15) is 13.8 Å². The summed E-state index contributed by atoms with van der Waals surface area (Å²) < 4.78 is 0. The third-order valence-corrected chi connectivity index (χ3v) is 4.89. The number of hydrogen-bond acceptors (Lipinski definition) is 2. The van der Waals surface area contributed by atoms with Crippen LogP contribution in [0.2, 0.25) is 0 Å². The van der Waals surface area contributed by atoms with Gasteiger partial charge in [0.1, 0.15) is 0 Å². The molecule has 0 radical (unpaired) electrons. The molecule has 0 fully saturated rings. The summed E-state index contributed by atoms with van der Waals surface area (Å²) in [5, 5.41) is 0. The Balaban J connectivity index is 1.75. The Labute approximate surface area is 167 Å². The first-order chi connectivity index (χ1) is 13.6. The average Bonchev–Trinajstić information content (AvgIpc) is 2.91. The molecular weight excluding hydrogens is 340 g/mol. The lowest BCUT2D eigenvalue weighted by molar-refractivity contribution is 0.627. The Morgan fingerprint density at radius 1 is 0.714 bits per heavy atom. The van der Waals surface area contributed by atoms with Gasteiger partial charge in [0.25, 0.3) is 0 Å². The topological polar surface area (TPSA) is 16.1 Å². The maximum absolute atomic E-state index is 4.11. The van der Waals surface area contributed by atoms with E-state index in [2.05, 4.69) is 109 Å². The second kappa shape index (κ2) is 7.69. The van der Waals surface area contributed by atoms with E-state index in [4.69, 9.17) is 0 Å². The third-order valence-electron chi connectivity index (χ3n) is 4.89. The fourth-order valence-electron chi connectivity index (χ4n) is 3.33. The van der Waals surface area contributed by atoms with Gasteiger partial charge in [-0.15, -0.1) is 0 Å². The molecule has 0 bridgehead atoms. The molecule has 0 atom stereocenters. The van der Waals surface area contributed by atoms with Gasteiger partial charge in [0, 0.05) is 34.9 Å². The zero-order valence-corrected chi connectivity index (χ0v) is 16.3. The highest BCUT2D eigenvalue weighted by Crippen LogP contribution is 2.34. The number of allylic oxidation sites excluding steroid dienone is 5. The van der Waals surface area contributed by atoms with Crippen molar-refractivity contribution >= 4 is 11.4 Å². The van der Waals surface area contributed by atoms with Crippen LogP contribution in [0.5, 0.6) is 0 Å². The molecule has 0 aliphatic heterocycles. The fraction of sp³-hybridized carbons (Fsp3) is 0.115. The van der Waals surface area contributed by atoms with E-state index >= 15 is 0 Å². The molecule has 1 aliphatic rings. The molecule has 0 saturated heterocycles. The van der Waals surface area contributed by atoms with Gasteiger partial charge < -0.3 is 4.90 Å². The zero-order valence-electron chi connectivity index (χ0n) is 16.3. The van der Waals surface area contributed by atoms with Crippen molar-refractivity contribution < 1.29 is 0 Å². The Hall–Kier alpha value is -3.39. The van der Waals surface area contributed by atoms with Gasteiger partial charge in [-0.2, -0.15) is 0 Å². The summed E-state index contributed by atoms with van der Waals surface area (Å²) in [5.74, 6) is 0. The highest BCUT2D eigenvalue weighted by atomic mass is 15.1. The van der Waals surface area contributed by atoms with Crippen LogP contribution in [0.25, 0.3) is 11.1 Å². The fourth-order valence-corrected chi connectivity index (χ4v) is 3.33. The standard InChI is InChI=1S/C26H24N2/c1-26(2)17-6-9-24(14-18-26)28(23-7-4-3-5-8-23)25-12-10-21(11-13-25)22-15-19-27-20-16-22/h3-20H,1-2H3. The van der Waals surface area contributed by atoms with Gasteiger partial charge in [0.2, 0.25) is 0 Å². The summed E-state index contributed by atoms with van der Waals surface area (Å²) in [7, 11) is 0. The molecule has 0 amide bonds. The van der Waals surface area contributed by atoms with Crippen molar-refractivity contribution in [2.75, 3.05) is 4.90 Å². The number of anilines is 2. The molecule has 1 aromatic heterocycles. The van der Waals surface area contributed by atoms with E-state index in [1.165, 1.54) is 11.1 Å². The van der Waals surface area contributed by atoms with Crippen molar-refractivity contribution in [2.45, 2.75) is 13.8 Å². The minimum atomic E-state index is 0.0474. The molecule has 2 aromatic carbocycles. The minimum Gasteiger partial charge on any atom is -0.311 e. The molecular formula is C26H24N2. The van der Waals surface area contributed by atoms with Crippen LogP contribution < -0.4 is 4.90 Å². The van der Waals surface area contributed by atoms with Gasteiger partial charge in [0.15, 0.2) is 0 Å². The van der Waals surface area contributed by atoms with Crippen LogP contribution in [-0.4, -0.2) is 4.98 Å². The SMILES string of the molecule is CC1(C)C=CC=C(N(c2ccccc2)c2ccc(-c3ccncc3)cc2)C=C1. The molecule has 28 heavy (non-hydrogen) atoms. The summed E-state index contributed by atoms with van der Waals surface area (Å²) in [4.78, 5) is 6.40. The lowest BCUT2D eigenvalue weighted by Gasteiger charge is -2.26. The number of pyridine rings is 1. The quantitative estimate of drug-likeness (QED) is 0.499. The summed E-state index contributed by atoms with van der Waals surface area (Å²) in [6.07, 6.45) is 14.7. The summed E-state index contributed by atoms with van der Waals surface area (Å²) in [6.45, 7) is 4.43. The molecule has 0 unspecified atom stereocenters. The van der Waals surface area contributed by atoms with Gasteiger partial charge in [-0.3, -0.25) is 4.98 Å². The number of aromatic nitrogens is 1. The number of para-hydroxylation sites is 1. The van der Waals surface area contributed by atoms with Crippen LogP contribution in [0.15, 0.2) is 115 Å². The van der Waals surface area contributed by atoms with Gasteiger partial charge in [-0.25, -0.2) is 0 Å². The molecule has 2 nitrogen and oxygen atoms in total. The first-order valence-electron chi connectivity index (χ1n) is 9.57. The number of benzene rings is 2. The first-order valence-corrected chi connectivity index (χ1v) is 9.57. The molecule has 2 heteroatoms. The van der Waals surface area contributed by atoms with Crippen molar-refractivity contribution in [2.24, 2.45) is 5.41 Å². The lowest BCUT2D eigenvalue weighted by atomic mass is 9.93.